The highest BCUT2D eigenvalue weighted by Gasteiger charge is 2.34. The highest BCUT2D eigenvalue weighted by molar-refractivity contribution is 5.88. The van der Waals surface area contributed by atoms with Crippen molar-refractivity contribution in [3.63, 3.8) is 0 Å². The minimum absolute atomic E-state index is 0.0855. The van der Waals surface area contributed by atoms with Gasteiger partial charge < -0.3 is 50.0 Å². The molecule has 1 fully saturated rings. The summed E-state index contributed by atoms with van der Waals surface area (Å²) in [7, 11) is 0. The quantitative estimate of drug-likeness (QED) is 0.279. The monoisotopic (exact) mass is 672 g/mol. The molecule has 2 atom stereocenters. The Morgan fingerprint density at radius 3 is 1.04 bits per heavy atom. The molecule has 1 saturated heterocycles. The molecule has 6 amide bonds. The van der Waals surface area contributed by atoms with Gasteiger partial charge >= 0.3 is 24.4 Å². The largest absolute Gasteiger partial charge is 0.444 e. The lowest BCUT2D eigenvalue weighted by Crippen LogP contribution is -2.56. The van der Waals surface area contributed by atoms with Crippen molar-refractivity contribution in [3.8, 4) is 0 Å². The van der Waals surface area contributed by atoms with E-state index < -0.39 is 70.7 Å². The van der Waals surface area contributed by atoms with Gasteiger partial charge in [0.1, 0.15) is 34.5 Å². The van der Waals surface area contributed by atoms with Crippen LogP contribution in [-0.4, -0.2) is 120 Å². The van der Waals surface area contributed by atoms with Gasteiger partial charge in [0.2, 0.25) is 11.8 Å². The van der Waals surface area contributed by atoms with Crippen molar-refractivity contribution in [1.82, 2.24) is 31.1 Å². The first kappa shape index (κ1) is 41.0. The molecule has 270 valence electrons. The zero-order valence-electron chi connectivity index (χ0n) is 30.1. The van der Waals surface area contributed by atoms with Crippen LogP contribution in [0.5, 0.6) is 0 Å². The summed E-state index contributed by atoms with van der Waals surface area (Å²) in [6.45, 7) is 20.3. The minimum Gasteiger partial charge on any atom is -0.444 e. The van der Waals surface area contributed by atoms with Gasteiger partial charge in [-0.1, -0.05) is 0 Å². The van der Waals surface area contributed by atoms with Crippen molar-refractivity contribution in [2.45, 2.75) is 124 Å². The maximum absolute atomic E-state index is 13.7. The summed E-state index contributed by atoms with van der Waals surface area (Å²) in [6.07, 6.45) is -2.85. The summed E-state index contributed by atoms with van der Waals surface area (Å²) in [4.78, 5) is 80.1. The predicted octanol–water partition coefficient (Wildman–Crippen LogP) is 2.88. The molecule has 1 aliphatic rings. The van der Waals surface area contributed by atoms with E-state index >= 15 is 0 Å². The molecule has 0 aromatic heterocycles. The Labute approximate surface area is 278 Å². The number of rotatable bonds is 8. The molecule has 4 N–H and O–H groups in total. The van der Waals surface area contributed by atoms with Crippen molar-refractivity contribution < 1.29 is 47.7 Å². The Morgan fingerprint density at radius 2 is 0.766 bits per heavy atom. The van der Waals surface area contributed by atoms with Crippen LogP contribution >= 0.6 is 0 Å². The zero-order valence-corrected chi connectivity index (χ0v) is 30.1. The minimum atomic E-state index is -1.20. The lowest BCUT2D eigenvalue weighted by Gasteiger charge is -2.30. The molecule has 1 aliphatic heterocycles. The number of hydrogen-bond acceptors (Lipinski definition) is 10. The zero-order chi connectivity index (χ0) is 36.4. The van der Waals surface area contributed by atoms with E-state index in [1.807, 2.05) is 0 Å². The maximum Gasteiger partial charge on any atom is 0.408 e. The Balaban J connectivity index is 3.08. The van der Waals surface area contributed by atoms with E-state index in [1.54, 1.807) is 83.1 Å². The normalized spacial score (nSPS) is 15.7. The molecule has 0 aromatic carbocycles. The molecule has 16 nitrogen and oxygen atoms in total. The van der Waals surface area contributed by atoms with Crippen LogP contribution in [0.3, 0.4) is 0 Å². The predicted molar refractivity (Wildman–Crippen MR) is 173 cm³/mol. The summed E-state index contributed by atoms with van der Waals surface area (Å²) >= 11 is 0. The van der Waals surface area contributed by atoms with Crippen LogP contribution in [0.25, 0.3) is 0 Å². The average Bonchev–Trinajstić information content (AvgIpc) is 3.10. The van der Waals surface area contributed by atoms with E-state index in [1.165, 1.54) is 9.80 Å². The molecule has 0 unspecified atom stereocenters. The second-order valence-corrected chi connectivity index (χ2v) is 15.2. The van der Waals surface area contributed by atoms with E-state index in [4.69, 9.17) is 18.9 Å². The van der Waals surface area contributed by atoms with Crippen molar-refractivity contribution in [2.24, 2.45) is 0 Å². The van der Waals surface area contributed by atoms with Gasteiger partial charge in [-0.15, -0.1) is 0 Å². The summed E-state index contributed by atoms with van der Waals surface area (Å²) in [6, 6.07) is -2.39. The van der Waals surface area contributed by atoms with Crippen molar-refractivity contribution in [2.75, 3.05) is 39.3 Å². The summed E-state index contributed by atoms with van der Waals surface area (Å²) in [5.74, 6) is -1.01. The van der Waals surface area contributed by atoms with Gasteiger partial charge in [0.25, 0.3) is 0 Å². The van der Waals surface area contributed by atoms with Gasteiger partial charge in [-0.25, -0.2) is 19.2 Å². The number of carbonyl (C=O) groups is 6. The molecule has 1 heterocycles. The van der Waals surface area contributed by atoms with Gasteiger partial charge in [0, 0.05) is 26.2 Å². The Morgan fingerprint density at radius 1 is 0.489 bits per heavy atom. The number of carbonyl (C=O) groups excluding carboxylic acids is 6. The van der Waals surface area contributed by atoms with Gasteiger partial charge in [0.15, 0.2) is 0 Å². The Kier molecular flexibility index (Phi) is 14.6. The number of amides is 6. The topological polar surface area (TPSA) is 194 Å². The average molecular weight is 673 g/mol. The number of nitrogens with one attached hydrogen (secondary N) is 4. The van der Waals surface area contributed by atoms with Crippen molar-refractivity contribution in [1.29, 1.82) is 0 Å². The van der Waals surface area contributed by atoms with Gasteiger partial charge in [-0.05, 0) is 89.5 Å². The molecule has 0 spiro atoms. The van der Waals surface area contributed by atoms with Crippen molar-refractivity contribution in [3.05, 3.63) is 0 Å². The fourth-order valence-electron chi connectivity index (χ4n) is 4.10. The van der Waals surface area contributed by atoms with Crippen LogP contribution in [-0.2, 0) is 28.5 Å². The molecule has 0 bridgehead atoms. The number of nitrogens with zero attached hydrogens (tertiary/aromatic N) is 2. The fourth-order valence-corrected chi connectivity index (χ4v) is 4.10. The molecule has 0 aromatic rings. The smallest absolute Gasteiger partial charge is 0.408 e. The van der Waals surface area contributed by atoms with Gasteiger partial charge in [-0.3, -0.25) is 9.59 Å². The molecule has 0 radical (unpaired) electrons. The number of ether oxygens (including phenoxy) is 4. The molecular formula is C31H56N6O10. The first-order chi connectivity index (χ1) is 21.2. The third-order valence-electron chi connectivity index (χ3n) is 5.80. The third-order valence-corrected chi connectivity index (χ3v) is 5.80. The van der Waals surface area contributed by atoms with E-state index in [2.05, 4.69) is 21.3 Å². The summed E-state index contributed by atoms with van der Waals surface area (Å²) in [5, 5.41) is 10.1. The van der Waals surface area contributed by atoms with E-state index in [9.17, 15) is 28.8 Å². The molecule has 47 heavy (non-hydrogen) atoms. The van der Waals surface area contributed by atoms with Gasteiger partial charge in [-0.2, -0.15) is 0 Å². The van der Waals surface area contributed by atoms with Crippen molar-refractivity contribution >= 4 is 36.2 Å². The van der Waals surface area contributed by atoms with E-state index in [-0.39, 0.29) is 39.3 Å². The lowest BCUT2D eigenvalue weighted by molar-refractivity contribution is -0.135. The molecular weight excluding hydrogens is 616 g/mol. The van der Waals surface area contributed by atoms with Gasteiger partial charge in [0.05, 0.1) is 13.1 Å². The third kappa shape index (κ3) is 18.1. The summed E-state index contributed by atoms with van der Waals surface area (Å²) < 4.78 is 21.2. The van der Waals surface area contributed by atoms with Crippen LogP contribution in [0.15, 0.2) is 0 Å². The summed E-state index contributed by atoms with van der Waals surface area (Å²) in [5.41, 5.74) is -3.22. The first-order valence-electron chi connectivity index (χ1n) is 15.7. The highest BCUT2D eigenvalue weighted by Crippen LogP contribution is 2.12. The number of hydrogen-bond donors (Lipinski definition) is 4. The second-order valence-electron chi connectivity index (χ2n) is 15.2. The molecule has 1 rings (SSSR count). The van der Waals surface area contributed by atoms with E-state index in [0.29, 0.717) is 6.42 Å². The fraction of sp³-hybridized carbons (Fsp3) is 0.806. The van der Waals surface area contributed by atoms with Crippen LogP contribution in [0.1, 0.15) is 89.5 Å². The molecule has 0 saturated carbocycles. The molecule has 16 heteroatoms. The Bertz CT molecular complexity index is 1030. The van der Waals surface area contributed by atoms with Crippen LogP contribution in [0.2, 0.25) is 0 Å². The SMILES string of the molecule is CC(C)(C)OC(=O)NC[C@@H](NC(=O)OC(C)(C)C)C(=O)N1CCCN(C(=O)[C@@H](CNC(=O)OC(C)(C)C)NC(=O)OC(C)(C)C)CC1. The van der Waals surface area contributed by atoms with Crippen LogP contribution in [0, 0.1) is 0 Å². The maximum atomic E-state index is 13.7. The van der Waals surface area contributed by atoms with Crippen LogP contribution < -0.4 is 21.3 Å². The number of alkyl carbamates (subject to hydrolysis) is 4. The Hall–Kier alpha value is -3.98. The molecule has 0 aliphatic carbocycles. The van der Waals surface area contributed by atoms with E-state index in [0.717, 1.165) is 0 Å². The first-order valence-corrected chi connectivity index (χ1v) is 15.7. The lowest BCUT2D eigenvalue weighted by atomic mass is 10.2. The van der Waals surface area contributed by atoms with Crippen LogP contribution in [0.4, 0.5) is 19.2 Å². The highest BCUT2D eigenvalue weighted by atomic mass is 16.6. The standard InChI is InChI=1S/C31H56N6O10/c1-28(2,3)44-24(40)32-18-20(34-26(42)46-30(7,8)9)22(38)36-14-13-15-37(17-16-36)23(39)21(35-27(43)47-31(10,11)12)19-33-25(41)45-29(4,5)6/h20-21H,13-19H2,1-12H3,(H,32,40)(H,33,41)(H,34,42)(H,35,43)/t20-,21-/m1/s1. The second kappa shape index (κ2) is 16.7.